The van der Waals surface area contributed by atoms with Gasteiger partial charge in [-0.1, -0.05) is 0 Å². The Morgan fingerprint density at radius 1 is 1.13 bits per heavy atom. The van der Waals surface area contributed by atoms with Gasteiger partial charge in [0.1, 0.15) is 5.56 Å². The normalized spacial score (nSPS) is 33.8. The lowest BCUT2D eigenvalue weighted by Crippen LogP contribution is -2.66. The fraction of sp³-hybridized carbons (Fsp3) is 0.652. The Hall–Kier alpha value is -2.64. The summed E-state index contributed by atoms with van der Waals surface area (Å²) in [5.74, 6) is 2.30. The van der Waals surface area contributed by atoms with Crippen molar-refractivity contribution in [2.75, 3.05) is 0 Å². The third kappa shape index (κ3) is 3.10. The lowest BCUT2D eigenvalue weighted by Gasteiger charge is -2.60. The number of hydrogen-bond donors (Lipinski definition) is 2. The van der Waals surface area contributed by atoms with Gasteiger partial charge >= 0.3 is 0 Å². The summed E-state index contributed by atoms with van der Waals surface area (Å²) in [6, 6.07) is 2.39. The molecular weight excluding hydrogens is 392 g/mol. The van der Waals surface area contributed by atoms with Crippen molar-refractivity contribution in [3.05, 3.63) is 30.2 Å². The van der Waals surface area contributed by atoms with Gasteiger partial charge in [-0.15, -0.1) is 0 Å². The molecule has 7 rings (SSSR count). The number of carbonyl (C=O) groups excluding carboxylic acids is 2. The van der Waals surface area contributed by atoms with E-state index in [4.69, 9.17) is 0 Å². The van der Waals surface area contributed by atoms with Crippen molar-refractivity contribution in [2.45, 2.75) is 75.9 Å². The molecule has 0 aromatic carbocycles. The molecule has 2 aromatic heterocycles. The molecule has 2 aromatic rings. The summed E-state index contributed by atoms with van der Waals surface area (Å²) in [6.45, 7) is 1.62. The second-order valence-electron chi connectivity index (χ2n) is 10.3. The molecule has 0 spiro atoms. The van der Waals surface area contributed by atoms with Gasteiger partial charge in [0.15, 0.2) is 5.82 Å². The van der Waals surface area contributed by atoms with Crippen LogP contribution in [0.2, 0.25) is 0 Å². The fourth-order valence-corrected chi connectivity index (χ4v) is 7.05. The Morgan fingerprint density at radius 3 is 2.52 bits per heavy atom. The summed E-state index contributed by atoms with van der Waals surface area (Å²) in [4.78, 5) is 25.3. The predicted octanol–water partition coefficient (Wildman–Crippen LogP) is 2.61. The summed E-state index contributed by atoms with van der Waals surface area (Å²) in [5, 5.41) is 15.7. The van der Waals surface area contributed by atoms with Gasteiger partial charge in [-0.2, -0.15) is 10.2 Å². The molecule has 5 aliphatic carbocycles. The summed E-state index contributed by atoms with van der Waals surface area (Å²) in [7, 11) is 0. The van der Waals surface area contributed by atoms with Crippen LogP contribution in [-0.4, -0.2) is 43.0 Å². The van der Waals surface area contributed by atoms with Crippen LogP contribution in [0.5, 0.6) is 0 Å². The zero-order valence-corrected chi connectivity index (χ0v) is 18.0. The molecule has 31 heavy (non-hydrogen) atoms. The summed E-state index contributed by atoms with van der Waals surface area (Å²) in [6.07, 6.45) is 14.0. The Balaban J connectivity index is 1.26. The molecule has 8 nitrogen and oxygen atoms in total. The third-order valence-corrected chi connectivity index (χ3v) is 8.17. The standard InChI is InChI=1S/C23H30N6O2/c1-14(30)27-23-10-15-8-16(11-23)20(17(9-15)12-23)26-21(31)19-13-25-29(18-4-2-5-18)22(19)28-7-3-6-24-28/h3,6-7,13,15-18,20H,2,4-5,8-12H2,1H3,(H,26,31)(H,27,30)/t15?,16?,17?,20-,23-. The molecule has 5 fully saturated rings. The van der Waals surface area contributed by atoms with Gasteiger partial charge in [0, 0.05) is 30.9 Å². The van der Waals surface area contributed by atoms with Crippen LogP contribution in [0.3, 0.4) is 0 Å². The van der Waals surface area contributed by atoms with Crippen molar-refractivity contribution in [1.82, 2.24) is 30.2 Å². The van der Waals surface area contributed by atoms with Crippen molar-refractivity contribution >= 4 is 11.8 Å². The molecular formula is C23H30N6O2. The van der Waals surface area contributed by atoms with E-state index in [2.05, 4.69) is 20.8 Å². The molecule has 8 heteroatoms. The van der Waals surface area contributed by atoms with Gasteiger partial charge in [-0.25, -0.2) is 9.36 Å². The van der Waals surface area contributed by atoms with Gasteiger partial charge in [-0.05, 0) is 75.2 Å². The van der Waals surface area contributed by atoms with Crippen LogP contribution in [0.1, 0.15) is 74.7 Å². The first-order valence-corrected chi connectivity index (χ1v) is 11.7. The lowest BCUT2D eigenvalue weighted by molar-refractivity contribution is -0.125. The maximum atomic E-state index is 13.5. The van der Waals surface area contributed by atoms with E-state index < -0.39 is 0 Å². The first-order valence-electron chi connectivity index (χ1n) is 11.7. The van der Waals surface area contributed by atoms with Crippen LogP contribution >= 0.6 is 0 Å². The van der Waals surface area contributed by atoms with E-state index in [1.807, 2.05) is 16.9 Å². The lowest BCUT2D eigenvalue weighted by atomic mass is 9.51. The molecule has 4 bridgehead atoms. The number of rotatable bonds is 5. The van der Waals surface area contributed by atoms with Crippen LogP contribution in [0.4, 0.5) is 0 Å². The average Bonchev–Trinajstić information content (AvgIpc) is 3.31. The Bertz CT molecular complexity index is 991. The van der Waals surface area contributed by atoms with Crippen LogP contribution < -0.4 is 10.6 Å². The van der Waals surface area contributed by atoms with Gasteiger partial charge in [0.2, 0.25) is 5.91 Å². The highest BCUT2D eigenvalue weighted by molar-refractivity contribution is 5.97. The molecule has 2 N–H and O–H groups in total. The number of amides is 2. The second-order valence-corrected chi connectivity index (χ2v) is 10.3. The SMILES string of the molecule is CC(=O)N[C@]12CC3CC(C1)[C@@H](NC(=O)c1cnn(C4CCC4)c1-n1cccn1)C(C3)C2. The molecule has 5 aliphatic rings. The molecule has 2 amide bonds. The first-order chi connectivity index (χ1) is 15.0. The second kappa shape index (κ2) is 6.93. The van der Waals surface area contributed by atoms with E-state index in [9.17, 15) is 9.59 Å². The first kappa shape index (κ1) is 19.1. The van der Waals surface area contributed by atoms with Gasteiger partial charge in [0.25, 0.3) is 5.91 Å². The van der Waals surface area contributed by atoms with Crippen LogP contribution in [-0.2, 0) is 4.79 Å². The zero-order valence-electron chi connectivity index (χ0n) is 18.0. The average molecular weight is 423 g/mol. The van der Waals surface area contributed by atoms with Crippen molar-refractivity contribution in [1.29, 1.82) is 0 Å². The topological polar surface area (TPSA) is 93.8 Å². The largest absolute Gasteiger partial charge is 0.351 e. The Morgan fingerprint density at radius 2 is 1.90 bits per heavy atom. The monoisotopic (exact) mass is 422 g/mol. The number of nitrogens with zero attached hydrogens (tertiary/aromatic N) is 4. The van der Waals surface area contributed by atoms with Crippen LogP contribution in [0, 0.1) is 17.8 Å². The maximum Gasteiger partial charge on any atom is 0.256 e. The quantitative estimate of drug-likeness (QED) is 0.775. The molecule has 2 unspecified atom stereocenters. The van der Waals surface area contributed by atoms with Crippen molar-refractivity contribution in [3.63, 3.8) is 0 Å². The van der Waals surface area contributed by atoms with E-state index in [1.165, 1.54) is 6.42 Å². The van der Waals surface area contributed by atoms with Crippen molar-refractivity contribution in [3.8, 4) is 5.82 Å². The highest BCUT2D eigenvalue weighted by atomic mass is 16.2. The molecule has 164 valence electrons. The number of carbonyl (C=O) groups is 2. The molecule has 0 aliphatic heterocycles. The van der Waals surface area contributed by atoms with Gasteiger partial charge in [0.05, 0.1) is 12.2 Å². The summed E-state index contributed by atoms with van der Waals surface area (Å²) in [5.41, 5.74) is 0.541. The predicted molar refractivity (Wildman–Crippen MR) is 114 cm³/mol. The maximum absolute atomic E-state index is 13.5. The molecule has 2 heterocycles. The molecule has 5 saturated carbocycles. The highest BCUT2D eigenvalue weighted by Gasteiger charge is 2.56. The Labute approximate surface area is 181 Å². The number of aromatic nitrogens is 4. The van der Waals surface area contributed by atoms with E-state index >= 15 is 0 Å². The number of hydrogen-bond acceptors (Lipinski definition) is 4. The summed E-state index contributed by atoms with van der Waals surface area (Å²) < 4.78 is 3.75. The van der Waals surface area contributed by atoms with E-state index in [-0.39, 0.29) is 23.4 Å². The van der Waals surface area contributed by atoms with Crippen molar-refractivity contribution < 1.29 is 9.59 Å². The minimum atomic E-state index is -0.0567. The van der Waals surface area contributed by atoms with E-state index in [1.54, 1.807) is 24.0 Å². The van der Waals surface area contributed by atoms with Crippen molar-refractivity contribution in [2.24, 2.45) is 17.8 Å². The molecule has 0 saturated heterocycles. The Kier molecular flexibility index (Phi) is 4.27. The smallest absolute Gasteiger partial charge is 0.256 e. The minimum absolute atomic E-state index is 0.0536. The van der Waals surface area contributed by atoms with Gasteiger partial charge in [-0.3, -0.25) is 9.59 Å². The molecule has 0 radical (unpaired) electrons. The highest BCUT2D eigenvalue weighted by Crippen LogP contribution is 2.55. The molecule has 2 atom stereocenters. The van der Waals surface area contributed by atoms with E-state index in [0.717, 1.165) is 50.8 Å². The van der Waals surface area contributed by atoms with Crippen LogP contribution in [0.15, 0.2) is 24.7 Å². The fourth-order valence-electron chi connectivity index (χ4n) is 7.05. The third-order valence-electron chi connectivity index (χ3n) is 8.17. The zero-order chi connectivity index (χ0) is 21.2. The van der Waals surface area contributed by atoms with E-state index in [0.29, 0.717) is 29.4 Å². The van der Waals surface area contributed by atoms with Crippen LogP contribution in [0.25, 0.3) is 5.82 Å². The van der Waals surface area contributed by atoms with Gasteiger partial charge < -0.3 is 10.6 Å². The summed E-state index contributed by atoms with van der Waals surface area (Å²) >= 11 is 0. The minimum Gasteiger partial charge on any atom is -0.351 e. The number of nitrogens with one attached hydrogen (secondary N) is 2.